The average molecular weight is 262 g/mol. The zero-order valence-electron chi connectivity index (χ0n) is 11.3. The number of hydrogen-bond acceptors (Lipinski definition) is 3. The number of carbonyl (C=O) groups is 1. The second-order valence-electron chi connectivity index (χ2n) is 5.76. The number of rotatable bonds is 6. The first-order valence-electron chi connectivity index (χ1n) is 7.34. The lowest BCUT2D eigenvalue weighted by molar-refractivity contribution is -0.121. The van der Waals surface area contributed by atoms with E-state index in [-0.39, 0.29) is 5.91 Å². The van der Waals surface area contributed by atoms with Gasteiger partial charge in [0.05, 0.1) is 6.26 Å². The fraction of sp³-hybridized carbons (Fsp3) is 0.667. The molecule has 1 atom stereocenters. The average Bonchev–Trinajstić information content (AvgIpc) is 2.95. The highest BCUT2D eigenvalue weighted by Gasteiger charge is 2.34. The molecule has 1 amide bonds. The predicted molar refractivity (Wildman–Crippen MR) is 72.7 cm³/mol. The van der Waals surface area contributed by atoms with E-state index in [1.165, 1.54) is 32.4 Å². The Kier molecular flexibility index (Phi) is 3.87. The van der Waals surface area contributed by atoms with Crippen LogP contribution in [-0.2, 0) is 11.2 Å². The van der Waals surface area contributed by atoms with E-state index in [1.54, 1.807) is 6.26 Å². The largest absolute Gasteiger partial charge is 0.469 e. The first-order valence-corrected chi connectivity index (χ1v) is 7.34. The lowest BCUT2D eigenvalue weighted by atomic mass is 10.1. The number of hydrogen-bond donors (Lipinski definition) is 1. The minimum atomic E-state index is 0.140. The van der Waals surface area contributed by atoms with Gasteiger partial charge in [-0.2, -0.15) is 0 Å². The first kappa shape index (κ1) is 12.7. The predicted octanol–water partition coefficient (Wildman–Crippen LogP) is 1.81. The van der Waals surface area contributed by atoms with E-state index in [9.17, 15) is 4.79 Å². The highest BCUT2D eigenvalue weighted by molar-refractivity contribution is 5.76. The van der Waals surface area contributed by atoms with Gasteiger partial charge in [0.15, 0.2) is 0 Å². The van der Waals surface area contributed by atoms with Crippen LogP contribution >= 0.6 is 0 Å². The summed E-state index contributed by atoms with van der Waals surface area (Å²) in [6, 6.07) is 4.63. The van der Waals surface area contributed by atoms with Gasteiger partial charge in [-0.1, -0.05) is 0 Å². The Balaban J connectivity index is 1.32. The Labute approximate surface area is 114 Å². The van der Waals surface area contributed by atoms with Crippen LogP contribution < -0.4 is 5.32 Å². The van der Waals surface area contributed by atoms with Crippen LogP contribution in [0.4, 0.5) is 0 Å². The SMILES string of the molecule is O=C(CCc1ccco1)NCC1CCN(C2CC2)C1. The summed E-state index contributed by atoms with van der Waals surface area (Å²) in [6.07, 6.45) is 6.85. The molecule has 1 N–H and O–H groups in total. The third-order valence-corrected chi connectivity index (χ3v) is 4.15. The highest BCUT2D eigenvalue weighted by atomic mass is 16.3. The third-order valence-electron chi connectivity index (χ3n) is 4.15. The van der Waals surface area contributed by atoms with E-state index in [2.05, 4.69) is 10.2 Å². The van der Waals surface area contributed by atoms with Crippen molar-refractivity contribution in [2.24, 2.45) is 5.92 Å². The molecule has 1 saturated heterocycles. The van der Waals surface area contributed by atoms with Crippen molar-refractivity contribution in [3.8, 4) is 0 Å². The van der Waals surface area contributed by atoms with Gasteiger partial charge in [-0.3, -0.25) is 4.79 Å². The number of aryl methyl sites for hydroxylation is 1. The van der Waals surface area contributed by atoms with Crippen LogP contribution in [0.5, 0.6) is 0 Å². The second kappa shape index (κ2) is 5.78. The molecule has 2 heterocycles. The maximum atomic E-state index is 11.8. The van der Waals surface area contributed by atoms with E-state index in [1.807, 2.05) is 12.1 Å². The Hall–Kier alpha value is -1.29. The van der Waals surface area contributed by atoms with Gasteiger partial charge in [0.1, 0.15) is 5.76 Å². The van der Waals surface area contributed by atoms with Crippen molar-refractivity contribution in [3.05, 3.63) is 24.2 Å². The summed E-state index contributed by atoms with van der Waals surface area (Å²) in [5.74, 6) is 1.67. The molecule has 0 bridgehead atoms. The minimum Gasteiger partial charge on any atom is -0.469 e. The fourth-order valence-corrected chi connectivity index (χ4v) is 2.84. The zero-order chi connectivity index (χ0) is 13.1. The number of likely N-dealkylation sites (tertiary alicyclic amines) is 1. The molecule has 1 aliphatic heterocycles. The van der Waals surface area contributed by atoms with Crippen LogP contribution in [0.15, 0.2) is 22.8 Å². The van der Waals surface area contributed by atoms with Crippen molar-refractivity contribution >= 4 is 5.91 Å². The lowest BCUT2D eigenvalue weighted by Gasteiger charge is -2.15. The van der Waals surface area contributed by atoms with Crippen LogP contribution in [0.3, 0.4) is 0 Å². The number of amides is 1. The summed E-state index contributed by atoms with van der Waals surface area (Å²) in [6.45, 7) is 3.22. The Morgan fingerprint density at radius 2 is 2.32 bits per heavy atom. The monoisotopic (exact) mass is 262 g/mol. The van der Waals surface area contributed by atoms with E-state index in [0.717, 1.165) is 18.3 Å². The van der Waals surface area contributed by atoms with Crippen molar-refractivity contribution in [2.45, 2.75) is 38.1 Å². The summed E-state index contributed by atoms with van der Waals surface area (Å²) in [7, 11) is 0. The highest BCUT2D eigenvalue weighted by Crippen LogP contribution is 2.31. The fourth-order valence-electron chi connectivity index (χ4n) is 2.84. The minimum absolute atomic E-state index is 0.140. The van der Waals surface area contributed by atoms with E-state index < -0.39 is 0 Å². The third kappa shape index (κ3) is 3.60. The normalized spacial score (nSPS) is 23.7. The molecular formula is C15H22N2O2. The van der Waals surface area contributed by atoms with E-state index >= 15 is 0 Å². The van der Waals surface area contributed by atoms with Crippen molar-refractivity contribution in [1.29, 1.82) is 0 Å². The number of carbonyl (C=O) groups excluding carboxylic acids is 1. The molecule has 1 saturated carbocycles. The molecule has 3 rings (SSSR count). The molecule has 0 aromatic carbocycles. The molecular weight excluding hydrogens is 240 g/mol. The van der Waals surface area contributed by atoms with Crippen LogP contribution in [-0.4, -0.2) is 36.5 Å². The van der Waals surface area contributed by atoms with Crippen LogP contribution in [0.1, 0.15) is 31.4 Å². The molecule has 1 aromatic heterocycles. The quantitative estimate of drug-likeness (QED) is 0.850. The van der Waals surface area contributed by atoms with Gasteiger partial charge in [-0.05, 0) is 43.9 Å². The van der Waals surface area contributed by atoms with E-state index in [4.69, 9.17) is 4.42 Å². The van der Waals surface area contributed by atoms with Gasteiger partial charge >= 0.3 is 0 Å². The summed E-state index contributed by atoms with van der Waals surface area (Å²) < 4.78 is 5.22. The molecule has 104 valence electrons. The second-order valence-corrected chi connectivity index (χ2v) is 5.76. The van der Waals surface area contributed by atoms with Gasteiger partial charge in [-0.15, -0.1) is 0 Å². The smallest absolute Gasteiger partial charge is 0.220 e. The van der Waals surface area contributed by atoms with Crippen molar-refractivity contribution in [1.82, 2.24) is 10.2 Å². The van der Waals surface area contributed by atoms with Crippen LogP contribution in [0.2, 0.25) is 0 Å². The molecule has 2 fully saturated rings. The molecule has 1 aromatic rings. The van der Waals surface area contributed by atoms with Crippen LogP contribution in [0.25, 0.3) is 0 Å². The van der Waals surface area contributed by atoms with Crippen molar-refractivity contribution < 1.29 is 9.21 Å². The molecule has 1 aliphatic carbocycles. The van der Waals surface area contributed by atoms with Crippen molar-refractivity contribution in [3.63, 3.8) is 0 Å². The summed E-state index contributed by atoms with van der Waals surface area (Å²) in [5, 5.41) is 3.06. The molecule has 4 heteroatoms. The zero-order valence-corrected chi connectivity index (χ0v) is 11.3. The van der Waals surface area contributed by atoms with Crippen molar-refractivity contribution in [2.75, 3.05) is 19.6 Å². The van der Waals surface area contributed by atoms with Gasteiger partial charge in [0, 0.05) is 32.0 Å². The van der Waals surface area contributed by atoms with E-state index in [0.29, 0.717) is 18.8 Å². The molecule has 0 spiro atoms. The topological polar surface area (TPSA) is 45.5 Å². The maximum absolute atomic E-state index is 11.8. The Bertz CT molecular complexity index is 412. The van der Waals surface area contributed by atoms with Crippen LogP contribution in [0, 0.1) is 5.92 Å². The number of nitrogens with one attached hydrogen (secondary N) is 1. The molecule has 1 unspecified atom stereocenters. The number of nitrogens with zero attached hydrogens (tertiary/aromatic N) is 1. The molecule has 19 heavy (non-hydrogen) atoms. The molecule has 4 nitrogen and oxygen atoms in total. The molecule has 2 aliphatic rings. The Morgan fingerprint density at radius 3 is 3.05 bits per heavy atom. The van der Waals surface area contributed by atoms with Gasteiger partial charge < -0.3 is 14.6 Å². The summed E-state index contributed by atoms with van der Waals surface area (Å²) in [5.41, 5.74) is 0. The number of furan rings is 1. The maximum Gasteiger partial charge on any atom is 0.220 e. The van der Waals surface area contributed by atoms with Gasteiger partial charge in [0.2, 0.25) is 5.91 Å². The molecule has 0 radical (unpaired) electrons. The first-order chi connectivity index (χ1) is 9.31. The summed E-state index contributed by atoms with van der Waals surface area (Å²) in [4.78, 5) is 14.3. The lowest BCUT2D eigenvalue weighted by Crippen LogP contribution is -2.31. The summed E-state index contributed by atoms with van der Waals surface area (Å²) >= 11 is 0. The Morgan fingerprint density at radius 1 is 1.42 bits per heavy atom. The van der Waals surface area contributed by atoms with Gasteiger partial charge in [0.25, 0.3) is 0 Å². The van der Waals surface area contributed by atoms with Gasteiger partial charge in [-0.25, -0.2) is 0 Å². The standard InChI is InChI=1S/C15H22N2O2/c18-15(6-5-14-2-1-9-19-14)16-10-12-7-8-17(11-12)13-3-4-13/h1-2,9,12-13H,3-8,10-11H2,(H,16,18).